The third-order valence-electron chi connectivity index (χ3n) is 2.76. The third kappa shape index (κ3) is 2.57. The first-order valence-corrected chi connectivity index (χ1v) is 5.59. The molecule has 1 aliphatic heterocycles. The Labute approximate surface area is 106 Å². The van der Waals surface area contributed by atoms with E-state index in [1.54, 1.807) is 24.5 Å². The van der Waals surface area contributed by atoms with Crippen molar-refractivity contribution in [1.82, 2.24) is 9.88 Å². The fraction of sp³-hybridized carbons (Fsp3) is 0.231. The summed E-state index contributed by atoms with van der Waals surface area (Å²) < 4.78 is 4.70. The van der Waals surface area contributed by atoms with E-state index in [9.17, 15) is 4.79 Å². The zero-order valence-corrected chi connectivity index (χ0v) is 10.1. The van der Waals surface area contributed by atoms with Crippen molar-refractivity contribution < 1.29 is 9.53 Å². The summed E-state index contributed by atoms with van der Waals surface area (Å²) in [6.45, 7) is 0.620. The number of carbonyl (C=O) groups is 1. The molecule has 0 amide bonds. The van der Waals surface area contributed by atoms with Crippen LogP contribution in [0.2, 0.25) is 0 Å². The Morgan fingerprint density at radius 1 is 1.50 bits per heavy atom. The van der Waals surface area contributed by atoms with E-state index in [4.69, 9.17) is 10.5 Å². The number of hydrogen-bond acceptors (Lipinski definition) is 5. The van der Waals surface area contributed by atoms with Crippen molar-refractivity contribution in [3.63, 3.8) is 0 Å². The number of allylic oxidation sites excluding steroid dienone is 2. The van der Waals surface area contributed by atoms with Crippen LogP contribution in [0.3, 0.4) is 0 Å². The highest BCUT2D eigenvalue weighted by Crippen LogP contribution is 2.16. The molecule has 0 spiro atoms. The molecule has 0 aliphatic carbocycles. The summed E-state index contributed by atoms with van der Waals surface area (Å²) in [5.41, 5.74) is 7.57. The molecule has 0 saturated carbocycles. The Bertz CT molecular complexity index is 482. The minimum atomic E-state index is -0.490. The van der Waals surface area contributed by atoms with E-state index in [1.165, 1.54) is 7.11 Å². The van der Waals surface area contributed by atoms with Crippen molar-refractivity contribution in [2.75, 3.05) is 7.11 Å². The second-order valence-electron chi connectivity index (χ2n) is 3.93. The van der Waals surface area contributed by atoms with E-state index in [0.717, 1.165) is 5.56 Å². The van der Waals surface area contributed by atoms with E-state index in [1.807, 2.05) is 23.2 Å². The number of nitrogens with zero attached hydrogens (tertiary/aromatic N) is 2. The second kappa shape index (κ2) is 5.46. The van der Waals surface area contributed by atoms with E-state index in [-0.39, 0.29) is 0 Å². The largest absolute Gasteiger partial charge is 0.466 e. The van der Waals surface area contributed by atoms with Gasteiger partial charge >= 0.3 is 5.97 Å². The highest BCUT2D eigenvalue weighted by atomic mass is 16.5. The van der Waals surface area contributed by atoms with Crippen LogP contribution in [0.1, 0.15) is 5.56 Å². The van der Waals surface area contributed by atoms with Gasteiger partial charge in [-0.3, -0.25) is 4.98 Å². The molecule has 0 fully saturated rings. The van der Waals surface area contributed by atoms with Gasteiger partial charge in [0.1, 0.15) is 6.17 Å². The molecule has 0 bridgehead atoms. The third-order valence-corrected chi connectivity index (χ3v) is 2.76. The van der Waals surface area contributed by atoms with Gasteiger partial charge in [-0.2, -0.15) is 0 Å². The zero-order valence-electron chi connectivity index (χ0n) is 10.1. The van der Waals surface area contributed by atoms with Gasteiger partial charge in [0.05, 0.1) is 12.7 Å². The van der Waals surface area contributed by atoms with Crippen LogP contribution in [0.15, 0.2) is 48.5 Å². The van der Waals surface area contributed by atoms with Crippen molar-refractivity contribution in [2.45, 2.75) is 12.7 Å². The molecule has 94 valence electrons. The van der Waals surface area contributed by atoms with Crippen molar-refractivity contribution >= 4 is 5.97 Å². The minimum Gasteiger partial charge on any atom is -0.466 e. The molecule has 2 heterocycles. The maximum atomic E-state index is 11.5. The minimum absolute atomic E-state index is 0.397. The lowest BCUT2D eigenvalue weighted by Crippen LogP contribution is -2.43. The molecule has 1 aliphatic rings. The Balaban J connectivity index is 2.11. The lowest BCUT2D eigenvalue weighted by atomic mass is 10.1. The van der Waals surface area contributed by atoms with Crippen molar-refractivity contribution in [1.29, 1.82) is 0 Å². The van der Waals surface area contributed by atoms with Crippen LogP contribution >= 0.6 is 0 Å². The number of nitrogens with two attached hydrogens (primary N) is 1. The number of pyridine rings is 1. The number of rotatable bonds is 3. The maximum absolute atomic E-state index is 11.5. The summed E-state index contributed by atoms with van der Waals surface area (Å²) in [5, 5.41) is 0. The van der Waals surface area contributed by atoms with E-state index >= 15 is 0 Å². The Hall–Kier alpha value is -2.14. The lowest BCUT2D eigenvalue weighted by Gasteiger charge is -2.30. The molecule has 1 atom stereocenters. The molecular weight excluding hydrogens is 230 g/mol. The molecule has 1 unspecified atom stereocenters. The summed E-state index contributed by atoms with van der Waals surface area (Å²) in [6.07, 6.45) is 8.29. The smallest absolute Gasteiger partial charge is 0.337 e. The summed E-state index contributed by atoms with van der Waals surface area (Å²) in [4.78, 5) is 17.4. The Morgan fingerprint density at radius 3 is 2.89 bits per heavy atom. The number of carbonyl (C=O) groups excluding carboxylic acids is 1. The molecule has 5 heteroatoms. The first-order chi connectivity index (χ1) is 8.72. The average molecular weight is 245 g/mol. The molecule has 18 heavy (non-hydrogen) atoms. The highest BCUT2D eigenvalue weighted by Gasteiger charge is 2.24. The van der Waals surface area contributed by atoms with Crippen LogP contribution in [-0.2, 0) is 16.1 Å². The fourth-order valence-electron chi connectivity index (χ4n) is 1.78. The molecule has 0 saturated heterocycles. The summed E-state index contributed by atoms with van der Waals surface area (Å²) in [7, 11) is 1.35. The normalized spacial score (nSPS) is 18.4. The number of hydrogen-bond donors (Lipinski definition) is 1. The molecule has 0 aromatic carbocycles. The van der Waals surface area contributed by atoms with Crippen LogP contribution in [0, 0.1) is 0 Å². The van der Waals surface area contributed by atoms with Crippen LogP contribution in [0.25, 0.3) is 0 Å². The van der Waals surface area contributed by atoms with Crippen LogP contribution in [0.4, 0.5) is 0 Å². The molecule has 1 aromatic heterocycles. The van der Waals surface area contributed by atoms with Gasteiger partial charge in [0, 0.05) is 25.1 Å². The predicted octanol–water partition coefficient (Wildman–Crippen LogP) is 0.795. The number of methoxy groups -OCH3 is 1. The van der Waals surface area contributed by atoms with Crippen LogP contribution in [0.5, 0.6) is 0 Å². The van der Waals surface area contributed by atoms with Gasteiger partial charge in [-0.1, -0.05) is 0 Å². The summed E-state index contributed by atoms with van der Waals surface area (Å²) in [5.74, 6) is -0.397. The quantitative estimate of drug-likeness (QED) is 0.797. The Kier molecular flexibility index (Phi) is 3.74. The standard InChI is InChI=1S/C13H15N3O2/c1-18-13(17)11-3-2-8-16(12(11)14)9-10-4-6-15-7-5-10/h2-8,12H,9,14H2,1H3. The van der Waals surface area contributed by atoms with Gasteiger partial charge in [-0.05, 0) is 29.8 Å². The summed E-state index contributed by atoms with van der Waals surface area (Å²) >= 11 is 0. The molecule has 5 nitrogen and oxygen atoms in total. The van der Waals surface area contributed by atoms with E-state index in [2.05, 4.69) is 4.98 Å². The summed E-state index contributed by atoms with van der Waals surface area (Å²) in [6, 6.07) is 3.83. The van der Waals surface area contributed by atoms with Gasteiger partial charge in [-0.25, -0.2) is 4.79 Å². The zero-order chi connectivity index (χ0) is 13.0. The first kappa shape index (κ1) is 12.3. The second-order valence-corrected chi connectivity index (χ2v) is 3.93. The maximum Gasteiger partial charge on any atom is 0.337 e. The highest BCUT2D eigenvalue weighted by molar-refractivity contribution is 5.90. The van der Waals surface area contributed by atoms with Gasteiger partial charge in [0.15, 0.2) is 0 Å². The molecule has 2 rings (SSSR count). The molecule has 2 N–H and O–H groups in total. The Morgan fingerprint density at radius 2 is 2.22 bits per heavy atom. The molecular formula is C13H15N3O2. The fourth-order valence-corrected chi connectivity index (χ4v) is 1.78. The van der Waals surface area contributed by atoms with E-state index < -0.39 is 12.1 Å². The molecule has 0 radical (unpaired) electrons. The average Bonchev–Trinajstić information content (AvgIpc) is 2.41. The SMILES string of the molecule is COC(=O)C1=CC=CN(Cc2ccncc2)C1N. The van der Waals surface area contributed by atoms with Gasteiger partial charge in [0.2, 0.25) is 0 Å². The number of ether oxygens (including phenoxy) is 1. The van der Waals surface area contributed by atoms with Crippen molar-refractivity contribution in [2.24, 2.45) is 5.73 Å². The van der Waals surface area contributed by atoms with Crippen LogP contribution in [-0.4, -0.2) is 29.1 Å². The topological polar surface area (TPSA) is 68.5 Å². The van der Waals surface area contributed by atoms with Crippen molar-refractivity contribution in [3.8, 4) is 0 Å². The van der Waals surface area contributed by atoms with Gasteiger partial charge < -0.3 is 15.4 Å². The first-order valence-electron chi connectivity index (χ1n) is 5.59. The van der Waals surface area contributed by atoms with Gasteiger partial charge in [0.25, 0.3) is 0 Å². The predicted molar refractivity (Wildman–Crippen MR) is 67.0 cm³/mol. The number of esters is 1. The van der Waals surface area contributed by atoms with Crippen molar-refractivity contribution in [3.05, 3.63) is 54.0 Å². The monoisotopic (exact) mass is 245 g/mol. The van der Waals surface area contributed by atoms with Gasteiger partial charge in [-0.15, -0.1) is 0 Å². The lowest BCUT2D eigenvalue weighted by molar-refractivity contribution is -0.136. The van der Waals surface area contributed by atoms with Crippen LogP contribution < -0.4 is 5.73 Å². The molecule has 1 aromatic rings. The number of aromatic nitrogens is 1. The van der Waals surface area contributed by atoms with E-state index in [0.29, 0.717) is 12.1 Å².